The molecule has 3 aromatic carbocycles. The normalized spacial score (nSPS) is 12.5. The summed E-state index contributed by atoms with van der Waals surface area (Å²) in [6.45, 7) is 0.450. The lowest BCUT2D eigenvalue weighted by Crippen LogP contribution is -2.41. The number of carbonyl (C=O) groups is 2. The van der Waals surface area contributed by atoms with Crippen molar-refractivity contribution in [1.29, 1.82) is 5.26 Å². The molecule has 1 aliphatic rings. The molecule has 0 spiro atoms. The third-order valence-corrected chi connectivity index (χ3v) is 8.27. The van der Waals surface area contributed by atoms with E-state index in [1.54, 1.807) is 59.5 Å². The lowest BCUT2D eigenvalue weighted by atomic mass is 10.0. The van der Waals surface area contributed by atoms with Gasteiger partial charge < -0.3 is 9.64 Å². The molecule has 0 fully saturated rings. The molecule has 0 unspecified atom stereocenters. The second kappa shape index (κ2) is 11.7. The molecule has 0 bridgehead atoms. The second-order valence-corrected chi connectivity index (χ2v) is 10.7. The van der Waals surface area contributed by atoms with Crippen molar-refractivity contribution in [3.63, 3.8) is 0 Å². The zero-order chi connectivity index (χ0) is 29.3. The van der Waals surface area contributed by atoms with Crippen molar-refractivity contribution >= 4 is 39.2 Å². The van der Waals surface area contributed by atoms with Gasteiger partial charge in [-0.15, -0.1) is 0 Å². The maximum atomic E-state index is 14.6. The van der Waals surface area contributed by atoms with E-state index in [0.29, 0.717) is 43.3 Å². The number of rotatable bonds is 7. The summed E-state index contributed by atoms with van der Waals surface area (Å²) in [6.07, 6.45) is 0.0210. The lowest BCUT2D eigenvalue weighted by molar-refractivity contribution is 0.0707. The van der Waals surface area contributed by atoms with Gasteiger partial charge in [0.2, 0.25) is 0 Å². The van der Waals surface area contributed by atoms with E-state index < -0.39 is 11.5 Å². The minimum atomic E-state index is -0.495. The standard InChI is InChI=1S/C30H23BrClFN4O4/c1-41-22-9-4-19(25(33)15-22)6-11-27(38)28-26-17-35(29(39)20-5-10-23(31)24(32)14-20)12-13-36(26)30(40)37(28)21-7-2-18(16-34)3-8-21/h2-5,7-10,14-15H,6,11-13,17H2,1H3. The number of ketones is 1. The summed E-state index contributed by atoms with van der Waals surface area (Å²) >= 11 is 9.53. The zero-order valence-corrected chi connectivity index (χ0v) is 24.2. The zero-order valence-electron chi connectivity index (χ0n) is 21.9. The summed E-state index contributed by atoms with van der Waals surface area (Å²) in [5, 5.41) is 9.59. The van der Waals surface area contributed by atoms with Gasteiger partial charge >= 0.3 is 5.69 Å². The number of imidazole rings is 1. The Morgan fingerprint density at radius 2 is 1.85 bits per heavy atom. The Labute approximate surface area is 248 Å². The Kier molecular flexibility index (Phi) is 8.10. The van der Waals surface area contributed by atoms with Crippen LogP contribution in [0.3, 0.4) is 0 Å². The van der Waals surface area contributed by atoms with Crippen LogP contribution in [-0.4, -0.2) is 39.4 Å². The van der Waals surface area contributed by atoms with Crippen LogP contribution in [0.5, 0.6) is 5.75 Å². The highest BCUT2D eigenvalue weighted by Crippen LogP contribution is 2.27. The van der Waals surface area contributed by atoms with Gasteiger partial charge in [-0.25, -0.2) is 9.18 Å². The van der Waals surface area contributed by atoms with Crippen LogP contribution in [0.15, 0.2) is 69.9 Å². The highest BCUT2D eigenvalue weighted by Gasteiger charge is 2.32. The number of methoxy groups -OCH3 is 1. The van der Waals surface area contributed by atoms with Gasteiger partial charge in [-0.05, 0) is 76.4 Å². The molecule has 4 aromatic rings. The number of aryl methyl sites for hydroxylation is 1. The number of amides is 1. The van der Waals surface area contributed by atoms with Crippen LogP contribution in [0.2, 0.25) is 5.02 Å². The average Bonchev–Trinajstić information content (AvgIpc) is 3.28. The molecule has 208 valence electrons. The van der Waals surface area contributed by atoms with E-state index in [1.807, 2.05) is 6.07 Å². The van der Waals surface area contributed by atoms with Crippen LogP contribution in [0, 0.1) is 17.1 Å². The van der Waals surface area contributed by atoms with Crippen molar-refractivity contribution in [3.05, 3.63) is 115 Å². The molecular formula is C30H23BrClFN4O4. The molecular weight excluding hydrogens is 615 g/mol. The Morgan fingerprint density at radius 1 is 1.10 bits per heavy atom. The summed E-state index contributed by atoms with van der Waals surface area (Å²) in [4.78, 5) is 42.4. The first kappa shape index (κ1) is 28.3. The molecule has 0 radical (unpaired) electrons. The second-order valence-electron chi connectivity index (χ2n) is 9.46. The first-order chi connectivity index (χ1) is 19.7. The largest absolute Gasteiger partial charge is 0.497 e. The number of Topliss-reactive ketones (excluding diaryl/α,β-unsaturated/α-hetero) is 1. The van der Waals surface area contributed by atoms with Gasteiger partial charge in [0.1, 0.15) is 17.3 Å². The van der Waals surface area contributed by atoms with E-state index in [2.05, 4.69) is 15.9 Å². The van der Waals surface area contributed by atoms with Crippen LogP contribution in [0.1, 0.15) is 44.1 Å². The minimum Gasteiger partial charge on any atom is -0.497 e. The van der Waals surface area contributed by atoms with Crippen molar-refractivity contribution in [3.8, 4) is 17.5 Å². The predicted octanol–water partition coefficient (Wildman–Crippen LogP) is 5.55. The number of fused-ring (bicyclic) bond motifs is 1. The van der Waals surface area contributed by atoms with Gasteiger partial charge in [0.05, 0.1) is 41.7 Å². The van der Waals surface area contributed by atoms with Crippen LogP contribution >= 0.6 is 27.5 Å². The number of nitrogens with zero attached hydrogens (tertiary/aromatic N) is 4. The highest BCUT2D eigenvalue weighted by molar-refractivity contribution is 9.10. The molecule has 5 rings (SSSR count). The van der Waals surface area contributed by atoms with Gasteiger partial charge in [0.15, 0.2) is 5.78 Å². The summed E-state index contributed by atoms with van der Waals surface area (Å²) in [5.41, 5.74) is 1.61. The fourth-order valence-corrected chi connectivity index (χ4v) is 5.31. The summed E-state index contributed by atoms with van der Waals surface area (Å²) in [5.74, 6) is -0.796. The molecule has 1 aliphatic heterocycles. The van der Waals surface area contributed by atoms with Crippen molar-refractivity contribution < 1.29 is 18.7 Å². The number of carbonyl (C=O) groups excluding carboxylic acids is 2. The molecule has 1 amide bonds. The molecule has 0 saturated carbocycles. The van der Waals surface area contributed by atoms with Crippen molar-refractivity contribution in [2.45, 2.75) is 25.9 Å². The summed E-state index contributed by atoms with van der Waals surface area (Å²) < 4.78 is 23.1. The van der Waals surface area contributed by atoms with Crippen LogP contribution in [0.25, 0.3) is 5.69 Å². The third kappa shape index (κ3) is 5.56. The van der Waals surface area contributed by atoms with Crippen molar-refractivity contribution in [2.24, 2.45) is 0 Å². The van der Waals surface area contributed by atoms with Gasteiger partial charge in [0.25, 0.3) is 5.91 Å². The third-order valence-electron chi connectivity index (χ3n) is 7.03. The Morgan fingerprint density at radius 3 is 2.51 bits per heavy atom. The monoisotopic (exact) mass is 636 g/mol. The van der Waals surface area contributed by atoms with E-state index in [1.165, 1.54) is 22.3 Å². The number of nitriles is 1. The van der Waals surface area contributed by atoms with Crippen LogP contribution in [0.4, 0.5) is 4.39 Å². The Hall–Kier alpha value is -4.20. The number of hydrogen-bond acceptors (Lipinski definition) is 5. The maximum Gasteiger partial charge on any atom is 0.333 e. The van der Waals surface area contributed by atoms with Gasteiger partial charge in [-0.1, -0.05) is 17.7 Å². The first-order valence-electron chi connectivity index (χ1n) is 12.7. The SMILES string of the molecule is COc1ccc(CCC(=O)c2c3n(c(=O)n2-c2ccc(C#N)cc2)CCN(C(=O)c2ccc(Br)c(Cl)c2)C3)c(F)c1. The van der Waals surface area contributed by atoms with E-state index in [0.717, 1.165) is 0 Å². The predicted molar refractivity (Wildman–Crippen MR) is 154 cm³/mol. The fraction of sp³-hybridized carbons (Fsp3) is 0.200. The number of aromatic nitrogens is 2. The molecule has 8 nitrogen and oxygen atoms in total. The average molecular weight is 638 g/mol. The highest BCUT2D eigenvalue weighted by atomic mass is 79.9. The molecule has 11 heteroatoms. The molecule has 2 heterocycles. The van der Waals surface area contributed by atoms with Gasteiger partial charge in [0, 0.05) is 35.6 Å². The molecule has 41 heavy (non-hydrogen) atoms. The Bertz CT molecular complexity index is 1770. The first-order valence-corrected chi connectivity index (χ1v) is 13.8. The van der Waals surface area contributed by atoms with Gasteiger partial charge in [-0.2, -0.15) is 5.26 Å². The van der Waals surface area contributed by atoms with E-state index >= 15 is 0 Å². The van der Waals surface area contributed by atoms with Crippen molar-refractivity contribution in [1.82, 2.24) is 14.0 Å². The number of benzene rings is 3. The quantitative estimate of drug-likeness (QED) is 0.248. The van der Waals surface area contributed by atoms with E-state index in [9.17, 15) is 24.0 Å². The van der Waals surface area contributed by atoms with Gasteiger partial charge in [-0.3, -0.25) is 18.7 Å². The van der Waals surface area contributed by atoms with Crippen LogP contribution < -0.4 is 10.4 Å². The minimum absolute atomic E-state index is 0.0169. The smallest absolute Gasteiger partial charge is 0.333 e. The summed E-state index contributed by atoms with van der Waals surface area (Å²) in [6, 6.07) is 17.7. The Balaban J connectivity index is 1.53. The molecule has 0 N–H and O–H groups in total. The van der Waals surface area contributed by atoms with Crippen LogP contribution in [-0.2, 0) is 19.5 Å². The van der Waals surface area contributed by atoms with E-state index in [-0.39, 0.29) is 49.9 Å². The lowest BCUT2D eigenvalue weighted by Gasteiger charge is -2.28. The molecule has 1 aromatic heterocycles. The number of ether oxygens (including phenoxy) is 1. The van der Waals surface area contributed by atoms with Crippen molar-refractivity contribution in [2.75, 3.05) is 13.7 Å². The summed E-state index contributed by atoms with van der Waals surface area (Å²) in [7, 11) is 1.44. The number of halogens is 3. The number of hydrogen-bond donors (Lipinski definition) is 0. The molecule has 0 atom stereocenters. The maximum absolute atomic E-state index is 14.6. The fourth-order valence-electron chi connectivity index (χ4n) is 4.88. The topological polar surface area (TPSA) is 97.3 Å². The van der Waals surface area contributed by atoms with E-state index in [4.69, 9.17) is 16.3 Å². The molecule has 0 aliphatic carbocycles. The molecule has 0 saturated heterocycles.